The normalized spacial score (nSPS) is 16.4. The first-order valence-electron chi connectivity index (χ1n) is 8.68. The van der Waals surface area contributed by atoms with E-state index in [0.29, 0.717) is 6.04 Å². The Hall–Kier alpha value is -1.03. The number of hydrogen-bond donors (Lipinski definition) is 1. The van der Waals surface area contributed by atoms with Crippen LogP contribution in [0.2, 0.25) is 0 Å². The van der Waals surface area contributed by atoms with Crippen LogP contribution < -0.4 is 10.2 Å². The van der Waals surface area contributed by atoms with E-state index in [1.165, 1.54) is 55.6 Å². The van der Waals surface area contributed by atoms with Gasteiger partial charge in [-0.25, -0.2) is 0 Å². The van der Waals surface area contributed by atoms with E-state index in [1.807, 2.05) is 0 Å². The second-order valence-corrected chi connectivity index (χ2v) is 6.27. The van der Waals surface area contributed by atoms with Gasteiger partial charge in [0.1, 0.15) is 5.82 Å². The lowest BCUT2D eigenvalue weighted by Gasteiger charge is -2.35. The minimum atomic E-state index is 0.698. The molecule has 4 nitrogen and oxygen atoms in total. The Labute approximate surface area is 129 Å². The van der Waals surface area contributed by atoms with Crippen molar-refractivity contribution in [1.29, 1.82) is 0 Å². The molecule has 0 saturated heterocycles. The molecule has 0 spiro atoms. The molecule has 4 heteroatoms. The summed E-state index contributed by atoms with van der Waals surface area (Å²) >= 11 is 0. The number of hydrogen-bond acceptors (Lipinski definition) is 3. The maximum absolute atomic E-state index is 4.69. The first-order valence-corrected chi connectivity index (χ1v) is 8.68. The monoisotopic (exact) mass is 292 g/mol. The maximum atomic E-state index is 4.69. The van der Waals surface area contributed by atoms with Gasteiger partial charge < -0.3 is 10.2 Å². The first-order chi connectivity index (χ1) is 10.2. The predicted molar refractivity (Wildman–Crippen MR) is 89.8 cm³/mol. The molecule has 1 heterocycles. The van der Waals surface area contributed by atoms with Crippen molar-refractivity contribution in [2.75, 3.05) is 18.0 Å². The van der Waals surface area contributed by atoms with Gasteiger partial charge in [0.15, 0.2) is 0 Å². The molecule has 0 aliphatic heterocycles. The molecule has 0 unspecified atom stereocenters. The van der Waals surface area contributed by atoms with Crippen molar-refractivity contribution < 1.29 is 0 Å². The molecular weight excluding hydrogens is 260 g/mol. The van der Waals surface area contributed by atoms with Gasteiger partial charge >= 0.3 is 0 Å². The number of aryl methyl sites for hydroxylation is 2. The van der Waals surface area contributed by atoms with E-state index in [9.17, 15) is 0 Å². The summed E-state index contributed by atoms with van der Waals surface area (Å²) in [6.07, 6.45) is 8.00. The third-order valence-corrected chi connectivity index (χ3v) is 4.67. The van der Waals surface area contributed by atoms with Gasteiger partial charge in [-0.05, 0) is 39.7 Å². The second-order valence-electron chi connectivity index (χ2n) is 6.27. The standard InChI is InChI=1S/C17H32N4/c1-5-12-18-13-16-14(3)19-20(4)17(16)21(6-2)15-10-8-7-9-11-15/h15,18H,5-13H2,1-4H3. The fourth-order valence-corrected chi connectivity index (χ4v) is 3.62. The quantitative estimate of drug-likeness (QED) is 0.782. The van der Waals surface area contributed by atoms with Gasteiger partial charge in [-0.15, -0.1) is 0 Å². The highest BCUT2D eigenvalue weighted by Gasteiger charge is 2.25. The van der Waals surface area contributed by atoms with Crippen LogP contribution in [0.1, 0.15) is 63.6 Å². The van der Waals surface area contributed by atoms with Crippen molar-refractivity contribution in [3.63, 3.8) is 0 Å². The van der Waals surface area contributed by atoms with Crippen LogP contribution in [-0.4, -0.2) is 28.9 Å². The Balaban J connectivity index is 2.22. The summed E-state index contributed by atoms with van der Waals surface area (Å²) in [5.41, 5.74) is 2.56. The van der Waals surface area contributed by atoms with E-state index in [4.69, 9.17) is 0 Å². The van der Waals surface area contributed by atoms with Crippen LogP contribution in [0.25, 0.3) is 0 Å². The summed E-state index contributed by atoms with van der Waals surface area (Å²) in [4.78, 5) is 2.60. The Morgan fingerprint density at radius 1 is 1.24 bits per heavy atom. The second kappa shape index (κ2) is 7.83. The van der Waals surface area contributed by atoms with Crippen molar-refractivity contribution in [3.05, 3.63) is 11.3 Å². The lowest BCUT2D eigenvalue weighted by atomic mass is 9.94. The highest BCUT2D eigenvalue weighted by molar-refractivity contribution is 5.51. The van der Waals surface area contributed by atoms with E-state index in [0.717, 1.165) is 19.6 Å². The van der Waals surface area contributed by atoms with Gasteiger partial charge in [0.05, 0.1) is 5.69 Å². The van der Waals surface area contributed by atoms with Crippen LogP contribution in [0.4, 0.5) is 5.82 Å². The Bertz CT molecular complexity index is 432. The van der Waals surface area contributed by atoms with Crippen molar-refractivity contribution in [2.24, 2.45) is 7.05 Å². The summed E-state index contributed by atoms with van der Waals surface area (Å²) in [5.74, 6) is 1.34. The van der Waals surface area contributed by atoms with Crippen molar-refractivity contribution in [3.8, 4) is 0 Å². The van der Waals surface area contributed by atoms with Crippen LogP contribution in [0.5, 0.6) is 0 Å². The molecule has 1 aromatic rings. The van der Waals surface area contributed by atoms with Gasteiger partial charge in [-0.3, -0.25) is 4.68 Å². The highest BCUT2D eigenvalue weighted by atomic mass is 15.4. The predicted octanol–water partition coefficient (Wildman–Crippen LogP) is 3.39. The van der Waals surface area contributed by atoms with Crippen LogP contribution in [0, 0.1) is 6.92 Å². The van der Waals surface area contributed by atoms with Gasteiger partial charge in [0, 0.05) is 31.7 Å². The molecule has 1 saturated carbocycles. The van der Waals surface area contributed by atoms with E-state index >= 15 is 0 Å². The van der Waals surface area contributed by atoms with Crippen molar-refractivity contribution in [1.82, 2.24) is 15.1 Å². The third kappa shape index (κ3) is 3.79. The lowest BCUT2D eigenvalue weighted by Crippen LogP contribution is -2.38. The SMILES string of the molecule is CCCNCc1c(C)nn(C)c1N(CC)C1CCCCC1. The number of aromatic nitrogens is 2. The molecule has 1 aliphatic carbocycles. The fourth-order valence-electron chi connectivity index (χ4n) is 3.62. The first kappa shape index (κ1) is 16.3. The van der Waals surface area contributed by atoms with E-state index < -0.39 is 0 Å². The smallest absolute Gasteiger partial charge is 0.131 e. The zero-order chi connectivity index (χ0) is 15.2. The summed E-state index contributed by atoms with van der Waals surface area (Å²) in [5, 5.41) is 8.24. The summed E-state index contributed by atoms with van der Waals surface area (Å²) in [6, 6.07) is 0.698. The van der Waals surface area contributed by atoms with E-state index in [1.54, 1.807) is 0 Å². The fraction of sp³-hybridized carbons (Fsp3) is 0.824. The molecule has 0 amide bonds. The topological polar surface area (TPSA) is 33.1 Å². The molecular formula is C17H32N4. The zero-order valence-electron chi connectivity index (χ0n) is 14.3. The van der Waals surface area contributed by atoms with Crippen molar-refractivity contribution in [2.45, 2.75) is 71.9 Å². The number of nitrogens with one attached hydrogen (secondary N) is 1. The molecule has 0 bridgehead atoms. The molecule has 2 rings (SSSR count). The molecule has 1 N–H and O–H groups in total. The third-order valence-electron chi connectivity index (χ3n) is 4.67. The van der Waals surface area contributed by atoms with Gasteiger partial charge in [-0.2, -0.15) is 5.10 Å². The molecule has 1 aliphatic rings. The molecule has 0 radical (unpaired) electrons. The van der Waals surface area contributed by atoms with Gasteiger partial charge in [-0.1, -0.05) is 26.2 Å². The van der Waals surface area contributed by atoms with Gasteiger partial charge in [0.2, 0.25) is 0 Å². The average Bonchev–Trinajstić information content (AvgIpc) is 2.77. The molecule has 21 heavy (non-hydrogen) atoms. The number of anilines is 1. The lowest BCUT2D eigenvalue weighted by molar-refractivity contribution is 0.412. The van der Waals surface area contributed by atoms with E-state index in [-0.39, 0.29) is 0 Å². The molecule has 1 fully saturated rings. The van der Waals surface area contributed by atoms with Crippen molar-refractivity contribution >= 4 is 5.82 Å². The Morgan fingerprint density at radius 2 is 1.95 bits per heavy atom. The maximum Gasteiger partial charge on any atom is 0.131 e. The van der Waals surface area contributed by atoms with Crippen LogP contribution in [-0.2, 0) is 13.6 Å². The molecule has 120 valence electrons. The number of rotatable bonds is 7. The molecule has 0 atom stereocenters. The zero-order valence-corrected chi connectivity index (χ0v) is 14.3. The largest absolute Gasteiger partial charge is 0.354 e. The number of nitrogens with zero attached hydrogens (tertiary/aromatic N) is 3. The van der Waals surface area contributed by atoms with Gasteiger partial charge in [0.25, 0.3) is 0 Å². The highest BCUT2D eigenvalue weighted by Crippen LogP contribution is 2.30. The Morgan fingerprint density at radius 3 is 2.57 bits per heavy atom. The van der Waals surface area contributed by atoms with Crippen LogP contribution in [0.15, 0.2) is 0 Å². The summed E-state index contributed by atoms with van der Waals surface area (Å²) < 4.78 is 2.09. The van der Waals surface area contributed by atoms with E-state index in [2.05, 4.69) is 47.8 Å². The molecule has 0 aromatic carbocycles. The summed E-state index contributed by atoms with van der Waals surface area (Å²) in [7, 11) is 2.09. The van der Waals surface area contributed by atoms with Crippen LogP contribution in [0.3, 0.4) is 0 Å². The minimum absolute atomic E-state index is 0.698. The minimum Gasteiger partial charge on any atom is -0.354 e. The average molecular weight is 292 g/mol. The Kier molecular flexibility index (Phi) is 6.09. The van der Waals surface area contributed by atoms with Crippen LogP contribution >= 0.6 is 0 Å². The molecule has 1 aromatic heterocycles. The summed E-state index contributed by atoms with van der Waals surface area (Å²) in [6.45, 7) is 9.71.